The molecule has 1 atom stereocenters. The van der Waals surface area contributed by atoms with Crippen LogP contribution in [0.1, 0.15) is 24.8 Å². The van der Waals surface area contributed by atoms with Crippen LogP contribution in [0.15, 0.2) is 46.7 Å². The zero-order chi connectivity index (χ0) is 18.1. The molecule has 1 saturated heterocycles. The lowest BCUT2D eigenvalue weighted by molar-refractivity contribution is -0.128. The van der Waals surface area contributed by atoms with Gasteiger partial charge in [0.2, 0.25) is 11.8 Å². The molecule has 134 valence electrons. The number of benzene rings is 1. The Kier molecular flexibility index (Phi) is 4.63. The Morgan fingerprint density at radius 3 is 2.73 bits per heavy atom. The molecule has 26 heavy (non-hydrogen) atoms. The third-order valence-electron chi connectivity index (χ3n) is 4.72. The molecule has 1 aromatic carbocycles. The van der Waals surface area contributed by atoms with Crippen molar-refractivity contribution in [3.05, 3.63) is 42.2 Å². The Balaban J connectivity index is 1.40. The molecule has 2 amide bonds. The number of nitrogens with zero attached hydrogens (tertiary/aromatic N) is 3. The van der Waals surface area contributed by atoms with Crippen molar-refractivity contribution in [3.63, 3.8) is 0 Å². The van der Waals surface area contributed by atoms with Crippen LogP contribution >= 0.6 is 11.8 Å². The summed E-state index contributed by atoms with van der Waals surface area (Å²) >= 11 is 1.48. The van der Waals surface area contributed by atoms with Crippen molar-refractivity contribution >= 4 is 29.3 Å². The van der Waals surface area contributed by atoms with Gasteiger partial charge < -0.3 is 10.2 Å². The molecular weight excluding hydrogens is 348 g/mol. The summed E-state index contributed by atoms with van der Waals surface area (Å²) in [6, 6.07) is 8.01. The van der Waals surface area contributed by atoms with Crippen LogP contribution in [-0.2, 0) is 9.59 Å². The van der Waals surface area contributed by atoms with Gasteiger partial charge in [-0.2, -0.15) is 0 Å². The number of rotatable bonds is 5. The molecule has 1 N–H and O–H groups in total. The van der Waals surface area contributed by atoms with E-state index in [2.05, 4.69) is 15.3 Å². The number of nitrogens with one attached hydrogen (secondary N) is 1. The van der Waals surface area contributed by atoms with Crippen LogP contribution in [-0.4, -0.2) is 39.3 Å². The van der Waals surface area contributed by atoms with Gasteiger partial charge in [-0.15, -0.1) is 0 Å². The van der Waals surface area contributed by atoms with Gasteiger partial charge in [-0.3, -0.25) is 9.59 Å². The minimum absolute atomic E-state index is 0.0728. The number of hydrogen-bond acceptors (Lipinski definition) is 5. The summed E-state index contributed by atoms with van der Waals surface area (Å²) in [5.41, 5.74) is 1.76. The summed E-state index contributed by atoms with van der Waals surface area (Å²) in [5, 5.41) is 3.67. The molecule has 2 aliphatic rings. The van der Waals surface area contributed by atoms with Gasteiger partial charge in [-0.05, 0) is 61.4 Å². The summed E-state index contributed by atoms with van der Waals surface area (Å²) in [5.74, 6) is -0.218. The van der Waals surface area contributed by atoms with Crippen LogP contribution in [0.5, 0.6) is 0 Å². The Bertz CT molecular complexity index is 839. The number of carbonyl (C=O) groups excluding carboxylic acids is 2. The van der Waals surface area contributed by atoms with E-state index in [1.165, 1.54) is 11.8 Å². The summed E-state index contributed by atoms with van der Waals surface area (Å²) in [6.45, 7) is 2.51. The number of aromatic nitrogens is 2. The number of carbonyl (C=O) groups is 2. The topological polar surface area (TPSA) is 75.2 Å². The highest BCUT2D eigenvalue weighted by Crippen LogP contribution is 2.33. The summed E-state index contributed by atoms with van der Waals surface area (Å²) in [7, 11) is 0. The largest absolute Gasteiger partial charge is 0.339 e. The third kappa shape index (κ3) is 3.72. The molecule has 2 aromatic rings. The molecule has 1 unspecified atom stereocenters. The molecule has 6 nitrogen and oxygen atoms in total. The summed E-state index contributed by atoms with van der Waals surface area (Å²) < 4.78 is 0. The number of hydrogen-bond donors (Lipinski definition) is 1. The van der Waals surface area contributed by atoms with E-state index in [1.807, 2.05) is 30.0 Å². The molecule has 0 radical (unpaired) electrons. The van der Waals surface area contributed by atoms with Gasteiger partial charge in [0.25, 0.3) is 0 Å². The highest BCUT2D eigenvalue weighted by molar-refractivity contribution is 7.99. The van der Waals surface area contributed by atoms with Gasteiger partial charge in [0.05, 0.1) is 5.92 Å². The van der Waals surface area contributed by atoms with Crippen LogP contribution in [0.25, 0.3) is 0 Å². The van der Waals surface area contributed by atoms with E-state index in [0.717, 1.165) is 29.0 Å². The van der Waals surface area contributed by atoms with Crippen LogP contribution in [0, 0.1) is 12.8 Å². The van der Waals surface area contributed by atoms with Crippen molar-refractivity contribution in [1.29, 1.82) is 0 Å². The normalized spacial score (nSPS) is 19.7. The lowest BCUT2D eigenvalue weighted by Crippen LogP contribution is -2.30. The van der Waals surface area contributed by atoms with E-state index in [0.29, 0.717) is 24.2 Å². The number of anilines is 1. The monoisotopic (exact) mass is 368 g/mol. The Hall–Kier alpha value is -2.41. The van der Waals surface area contributed by atoms with E-state index in [1.54, 1.807) is 18.5 Å². The highest BCUT2D eigenvalue weighted by atomic mass is 32.2. The minimum Gasteiger partial charge on any atom is -0.339 e. The second kappa shape index (κ2) is 7.07. The van der Waals surface area contributed by atoms with E-state index >= 15 is 0 Å². The quantitative estimate of drug-likeness (QED) is 0.822. The van der Waals surface area contributed by atoms with Crippen LogP contribution < -0.4 is 5.32 Å². The van der Waals surface area contributed by atoms with Gasteiger partial charge in [-0.1, -0.05) is 0 Å². The zero-order valence-electron chi connectivity index (χ0n) is 14.5. The van der Waals surface area contributed by atoms with Gasteiger partial charge in [0.1, 0.15) is 0 Å². The SMILES string of the molecule is Cc1cc(Sc2ncccn2)ccc1NC(=O)C1CC(=O)N(C2CC2)C1. The van der Waals surface area contributed by atoms with Gasteiger partial charge in [-0.25, -0.2) is 9.97 Å². The minimum atomic E-state index is -0.255. The fourth-order valence-corrected chi connectivity index (χ4v) is 3.97. The molecule has 1 aliphatic carbocycles. The Labute approximate surface area is 156 Å². The number of likely N-dealkylation sites (tertiary alicyclic amines) is 1. The van der Waals surface area contributed by atoms with Crippen molar-refractivity contribution in [1.82, 2.24) is 14.9 Å². The average molecular weight is 368 g/mol. The Morgan fingerprint density at radius 2 is 2.04 bits per heavy atom. The second-order valence-electron chi connectivity index (χ2n) is 6.78. The lowest BCUT2D eigenvalue weighted by Gasteiger charge is -2.16. The van der Waals surface area contributed by atoms with Crippen molar-refractivity contribution in [2.45, 2.75) is 42.3 Å². The smallest absolute Gasteiger partial charge is 0.229 e. The molecule has 1 saturated carbocycles. The molecule has 0 bridgehead atoms. The van der Waals surface area contributed by atoms with Crippen molar-refractivity contribution in [2.24, 2.45) is 5.92 Å². The lowest BCUT2D eigenvalue weighted by atomic mass is 10.1. The summed E-state index contributed by atoms with van der Waals surface area (Å²) in [6.07, 6.45) is 5.89. The molecule has 1 aromatic heterocycles. The fourth-order valence-electron chi connectivity index (χ4n) is 3.16. The molecule has 0 spiro atoms. The van der Waals surface area contributed by atoms with Gasteiger partial charge in [0.15, 0.2) is 5.16 Å². The first-order valence-electron chi connectivity index (χ1n) is 8.76. The number of aryl methyl sites for hydroxylation is 1. The first-order valence-corrected chi connectivity index (χ1v) is 9.57. The van der Waals surface area contributed by atoms with E-state index in [9.17, 15) is 9.59 Å². The number of amides is 2. The average Bonchev–Trinajstić information content (AvgIpc) is 3.40. The zero-order valence-corrected chi connectivity index (χ0v) is 15.3. The van der Waals surface area contributed by atoms with E-state index < -0.39 is 0 Å². The maximum atomic E-state index is 12.6. The first kappa shape index (κ1) is 17.0. The molecule has 7 heteroatoms. The molecule has 2 heterocycles. The van der Waals surface area contributed by atoms with Crippen LogP contribution in [0.3, 0.4) is 0 Å². The summed E-state index contributed by atoms with van der Waals surface area (Å²) in [4.78, 5) is 35.9. The highest BCUT2D eigenvalue weighted by Gasteiger charge is 2.41. The van der Waals surface area contributed by atoms with Crippen molar-refractivity contribution in [2.75, 3.05) is 11.9 Å². The molecule has 4 rings (SSSR count). The predicted molar refractivity (Wildman–Crippen MR) is 98.8 cm³/mol. The molecule has 2 fully saturated rings. The maximum Gasteiger partial charge on any atom is 0.229 e. The molecular formula is C19H20N4O2S. The third-order valence-corrected chi connectivity index (χ3v) is 5.61. The second-order valence-corrected chi connectivity index (χ2v) is 7.82. The predicted octanol–water partition coefficient (Wildman–Crippen LogP) is 2.89. The Morgan fingerprint density at radius 1 is 1.27 bits per heavy atom. The van der Waals surface area contributed by atoms with Crippen molar-refractivity contribution < 1.29 is 9.59 Å². The van der Waals surface area contributed by atoms with Crippen LogP contribution in [0.4, 0.5) is 5.69 Å². The molecule has 1 aliphatic heterocycles. The van der Waals surface area contributed by atoms with Crippen molar-refractivity contribution in [3.8, 4) is 0 Å². The standard InChI is InChI=1S/C19H20N4O2S/c1-12-9-15(26-19-20-7-2-8-21-19)5-6-16(12)22-18(25)13-10-17(24)23(11-13)14-3-4-14/h2,5-9,13-14H,3-4,10-11H2,1H3,(H,22,25). The maximum absolute atomic E-state index is 12.6. The van der Waals surface area contributed by atoms with Crippen LogP contribution in [0.2, 0.25) is 0 Å². The van der Waals surface area contributed by atoms with Gasteiger partial charge >= 0.3 is 0 Å². The first-order chi connectivity index (χ1) is 12.6. The van der Waals surface area contributed by atoms with E-state index in [-0.39, 0.29) is 17.7 Å². The fraction of sp³-hybridized carbons (Fsp3) is 0.368. The van der Waals surface area contributed by atoms with E-state index in [4.69, 9.17) is 0 Å². The van der Waals surface area contributed by atoms with Gasteiger partial charge in [0, 0.05) is 42.0 Å².